The van der Waals surface area contributed by atoms with Gasteiger partial charge in [-0.3, -0.25) is 4.79 Å². The monoisotopic (exact) mass is 302 g/mol. The summed E-state index contributed by atoms with van der Waals surface area (Å²) in [5.41, 5.74) is 1.13. The first-order valence-corrected chi connectivity index (χ1v) is 10.0. The SMILES string of the molecule is CC[C@H]1CC[C@H]2[C@@H]3CC[C@H]4CC(=O)CC[C@]4(C)[C@H]3CC[C@]12C. The van der Waals surface area contributed by atoms with Crippen molar-refractivity contribution in [2.45, 2.75) is 85.0 Å². The van der Waals surface area contributed by atoms with Gasteiger partial charge in [0.25, 0.3) is 0 Å². The Morgan fingerprint density at radius 2 is 1.73 bits per heavy atom. The van der Waals surface area contributed by atoms with Crippen molar-refractivity contribution in [1.29, 1.82) is 0 Å². The molecule has 22 heavy (non-hydrogen) atoms. The van der Waals surface area contributed by atoms with Crippen LogP contribution in [0.1, 0.15) is 85.0 Å². The van der Waals surface area contributed by atoms with Crippen molar-refractivity contribution in [2.75, 3.05) is 0 Å². The summed E-state index contributed by atoms with van der Waals surface area (Å²) in [5, 5.41) is 0. The molecule has 4 fully saturated rings. The van der Waals surface area contributed by atoms with Gasteiger partial charge in [-0.1, -0.05) is 27.2 Å². The van der Waals surface area contributed by atoms with Crippen molar-refractivity contribution in [3.05, 3.63) is 0 Å². The number of ketones is 1. The molecule has 0 aliphatic heterocycles. The molecule has 0 saturated heterocycles. The minimum Gasteiger partial charge on any atom is -0.300 e. The molecular formula is C21H34O. The van der Waals surface area contributed by atoms with Crippen LogP contribution in [-0.2, 0) is 4.79 Å². The van der Waals surface area contributed by atoms with Gasteiger partial charge >= 0.3 is 0 Å². The second-order valence-electron chi connectivity index (χ2n) is 9.63. The highest BCUT2D eigenvalue weighted by atomic mass is 16.1. The normalized spacial score (nSPS) is 54.5. The Hall–Kier alpha value is -0.330. The van der Waals surface area contributed by atoms with Gasteiger partial charge in [-0.25, -0.2) is 0 Å². The van der Waals surface area contributed by atoms with E-state index in [0.717, 1.165) is 36.5 Å². The third kappa shape index (κ3) is 1.93. The van der Waals surface area contributed by atoms with Gasteiger partial charge < -0.3 is 0 Å². The second kappa shape index (κ2) is 5.08. The molecule has 0 aromatic rings. The molecule has 1 heteroatoms. The average Bonchev–Trinajstić information content (AvgIpc) is 2.84. The Balaban J connectivity index is 1.62. The van der Waals surface area contributed by atoms with Gasteiger partial charge in [0, 0.05) is 12.8 Å². The van der Waals surface area contributed by atoms with E-state index in [2.05, 4.69) is 20.8 Å². The zero-order chi connectivity index (χ0) is 15.5. The number of hydrogen-bond acceptors (Lipinski definition) is 1. The fraction of sp³-hybridized carbons (Fsp3) is 0.952. The molecule has 0 bridgehead atoms. The van der Waals surface area contributed by atoms with Crippen molar-refractivity contribution >= 4 is 5.78 Å². The van der Waals surface area contributed by atoms with Crippen molar-refractivity contribution in [2.24, 2.45) is 40.4 Å². The molecule has 0 N–H and O–H groups in total. The van der Waals surface area contributed by atoms with E-state index in [0.29, 0.717) is 22.5 Å². The topological polar surface area (TPSA) is 17.1 Å². The minimum absolute atomic E-state index is 0.489. The molecule has 0 spiro atoms. The fourth-order valence-corrected chi connectivity index (χ4v) is 7.82. The van der Waals surface area contributed by atoms with E-state index in [1.54, 1.807) is 0 Å². The lowest BCUT2D eigenvalue weighted by atomic mass is 9.45. The molecule has 0 radical (unpaired) electrons. The first-order chi connectivity index (χ1) is 10.5. The molecule has 1 nitrogen and oxygen atoms in total. The van der Waals surface area contributed by atoms with Crippen LogP contribution in [0, 0.1) is 40.4 Å². The Kier molecular flexibility index (Phi) is 3.51. The maximum Gasteiger partial charge on any atom is 0.133 e. The van der Waals surface area contributed by atoms with E-state index < -0.39 is 0 Å². The molecule has 0 unspecified atom stereocenters. The molecule has 124 valence electrons. The lowest BCUT2D eigenvalue weighted by Crippen LogP contribution is -2.53. The Bertz CT molecular complexity index is 469. The van der Waals surface area contributed by atoms with Crippen molar-refractivity contribution in [1.82, 2.24) is 0 Å². The number of carbonyl (C=O) groups is 1. The third-order valence-electron chi connectivity index (χ3n) is 9.17. The third-order valence-corrected chi connectivity index (χ3v) is 9.17. The van der Waals surface area contributed by atoms with Crippen molar-refractivity contribution in [3.8, 4) is 0 Å². The Morgan fingerprint density at radius 3 is 2.50 bits per heavy atom. The number of rotatable bonds is 1. The molecule has 4 rings (SSSR count). The minimum atomic E-state index is 0.489. The summed E-state index contributed by atoms with van der Waals surface area (Å²) in [6.45, 7) is 7.61. The van der Waals surface area contributed by atoms with Gasteiger partial charge in [-0.05, 0) is 85.4 Å². The average molecular weight is 303 g/mol. The van der Waals surface area contributed by atoms with Crippen LogP contribution in [0.3, 0.4) is 0 Å². The molecule has 0 amide bonds. The number of Topliss-reactive ketones (excluding diaryl/α,β-unsaturated/α-hetero) is 1. The second-order valence-corrected chi connectivity index (χ2v) is 9.63. The predicted molar refractivity (Wildman–Crippen MR) is 90.5 cm³/mol. The van der Waals surface area contributed by atoms with E-state index >= 15 is 0 Å². The quantitative estimate of drug-likeness (QED) is 0.614. The maximum absolute atomic E-state index is 11.9. The summed E-state index contributed by atoms with van der Waals surface area (Å²) in [7, 11) is 0. The molecule has 4 aliphatic carbocycles. The first-order valence-electron chi connectivity index (χ1n) is 10.0. The smallest absolute Gasteiger partial charge is 0.133 e. The van der Waals surface area contributed by atoms with Crippen LogP contribution in [0.5, 0.6) is 0 Å². The number of fused-ring (bicyclic) bond motifs is 5. The molecular weight excluding hydrogens is 268 g/mol. The zero-order valence-electron chi connectivity index (χ0n) is 14.9. The Morgan fingerprint density at radius 1 is 0.955 bits per heavy atom. The largest absolute Gasteiger partial charge is 0.300 e. The van der Waals surface area contributed by atoms with E-state index in [-0.39, 0.29) is 0 Å². The van der Waals surface area contributed by atoms with E-state index in [9.17, 15) is 4.79 Å². The zero-order valence-corrected chi connectivity index (χ0v) is 14.9. The molecule has 4 aliphatic rings. The standard InChI is InChI=1S/C21H34O/c1-4-14-6-8-18-17-7-5-15-13-16(22)9-11-21(15,3)19(17)10-12-20(14,18)2/h14-15,17-19H,4-13H2,1-3H3/t14-,15-,17-,18-,19-,20+,21-/m0/s1. The first kappa shape index (κ1) is 15.2. The molecule has 7 atom stereocenters. The van der Waals surface area contributed by atoms with Crippen molar-refractivity contribution < 1.29 is 4.79 Å². The lowest BCUT2D eigenvalue weighted by Gasteiger charge is -2.60. The van der Waals surface area contributed by atoms with E-state index in [1.165, 1.54) is 51.4 Å². The van der Waals surface area contributed by atoms with Crippen LogP contribution in [0.2, 0.25) is 0 Å². The summed E-state index contributed by atoms with van der Waals surface area (Å²) in [6, 6.07) is 0. The van der Waals surface area contributed by atoms with Gasteiger partial charge in [0.2, 0.25) is 0 Å². The highest BCUT2D eigenvalue weighted by Crippen LogP contribution is 2.67. The molecule has 4 saturated carbocycles. The van der Waals surface area contributed by atoms with Gasteiger partial charge in [0.1, 0.15) is 5.78 Å². The van der Waals surface area contributed by atoms with E-state index in [1.807, 2.05) is 0 Å². The maximum atomic E-state index is 11.9. The van der Waals surface area contributed by atoms with Gasteiger partial charge in [0.05, 0.1) is 0 Å². The van der Waals surface area contributed by atoms with Gasteiger partial charge in [0.15, 0.2) is 0 Å². The van der Waals surface area contributed by atoms with Crippen LogP contribution in [-0.4, -0.2) is 5.78 Å². The highest BCUT2D eigenvalue weighted by Gasteiger charge is 2.59. The summed E-state index contributed by atoms with van der Waals surface area (Å²) in [6.07, 6.45) is 13.0. The lowest BCUT2D eigenvalue weighted by molar-refractivity contribution is -0.139. The van der Waals surface area contributed by atoms with Gasteiger partial charge in [-0.2, -0.15) is 0 Å². The van der Waals surface area contributed by atoms with Crippen LogP contribution in [0.25, 0.3) is 0 Å². The molecule has 0 heterocycles. The van der Waals surface area contributed by atoms with Crippen LogP contribution >= 0.6 is 0 Å². The number of carbonyl (C=O) groups excluding carboxylic acids is 1. The predicted octanol–water partition coefficient (Wildman–Crippen LogP) is 5.62. The van der Waals surface area contributed by atoms with Crippen LogP contribution in [0.15, 0.2) is 0 Å². The highest BCUT2D eigenvalue weighted by molar-refractivity contribution is 5.79. The molecule has 0 aromatic heterocycles. The summed E-state index contributed by atoms with van der Waals surface area (Å²) in [5.74, 6) is 5.14. The summed E-state index contributed by atoms with van der Waals surface area (Å²) in [4.78, 5) is 11.9. The van der Waals surface area contributed by atoms with Crippen molar-refractivity contribution in [3.63, 3.8) is 0 Å². The number of hydrogen-bond donors (Lipinski definition) is 0. The molecule has 0 aromatic carbocycles. The van der Waals surface area contributed by atoms with Gasteiger partial charge in [-0.15, -0.1) is 0 Å². The van der Waals surface area contributed by atoms with Crippen LogP contribution < -0.4 is 0 Å². The fourth-order valence-electron chi connectivity index (χ4n) is 7.82. The van der Waals surface area contributed by atoms with Crippen LogP contribution in [0.4, 0.5) is 0 Å². The summed E-state index contributed by atoms with van der Waals surface area (Å²) < 4.78 is 0. The summed E-state index contributed by atoms with van der Waals surface area (Å²) >= 11 is 0. The van der Waals surface area contributed by atoms with E-state index in [4.69, 9.17) is 0 Å². The Labute approximate surface area is 136 Å².